The smallest absolute Gasteiger partial charge is 0.270 e. The van der Waals surface area contributed by atoms with Gasteiger partial charge in [0.05, 0.1) is 6.04 Å². The monoisotopic (exact) mass is 338 g/mol. The highest BCUT2D eigenvalue weighted by Crippen LogP contribution is 2.17. The third-order valence-electron chi connectivity index (χ3n) is 2.67. The number of benzene rings is 1. The molecule has 1 atom stereocenters. The lowest BCUT2D eigenvalue weighted by atomic mass is 10.1. The van der Waals surface area contributed by atoms with E-state index in [2.05, 4.69) is 26.2 Å². The highest BCUT2D eigenvalue weighted by atomic mass is 79.9. The zero-order valence-electron chi connectivity index (χ0n) is 10.2. The second-order valence-electron chi connectivity index (χ2n) is 4.11. The van der Waals surface area contributed by atoms with Crippen molar-refractivity contribution < 1.29 is 4.79 Å². The molecule has 1 aromatic carbocycles. The molecule has 1 N–H and O–H groups in total. The van der Waals surface area contributed by atoms with Crippen LogP contribution in [0.25, 0.3) is 0 Å². The van der Waals surface area contributed by atoms with Gasteiger partial charge >= 0.3 is 0 Å². The van der Waals surface area contributed by atoms with Crippen molar-refractivity contribution in [2.75, 3.05) is 0 Å². The lowest BCUT2D eigenvalue weighted by molar-refractivity contribution is 0.0935. The predicted molar refractivity (Wildman–Crippen MR) is 79.3 cm³/mol. The average Bonchev–Trinajstić information content (AvgIpc) is 2.39. The Morgan fingerprint density at radius 2 is 2.00 bits per heavy atom. The largest absolute Gasteiger partial charge is 0.344 e. The molecule has 1 aromatic heterocycles. The molecule has 19 heavy (non-hydrogen) atoms. The van der Waals surface area contributed by atoms with Crippen LogP contribution in [0.1, 0.15) is 29.0 Å². The molecule has 2 aromatic rings. The highest BCUT2D eigenvalue weighted by Gasteiger charge is 2.12. The molecule has 0 aliphatic heterocycles. The fraction of sp³-hybridized carbons (Fsp3) is 0.143. The molecule has 0 bridgehead atoms. The van der Waals surface area contributed by atoms with Crippen molar-refractivity contribution in [3.63, 3.8) is 0 Å². The molecule has 0 aliphatic rings. The van der Waals surface area contributed by atoms with Gasteiger partial charge in [0, 0.05) is 15.7 Å². The van der Waals surface area contributed by atoms with E-state index < -0.39 is 0 Å². The van der Waals surface area contributed by atoms with Crippen LogP contribution < -0.4 is 5.32 Å². The summed E-state index contributed by atoms with van der Waals surface area (Å²) in [6.07, 6.45) is 1.52. The van der Waals surface area contributed by atoms with Crippen molar-refractivity contribution in [2.24, 2.45) is 0 Å². The van der Waals surface area contributed by atoms with E-state index in [0.717, 1.165) is 10.0 Å². The van der Waals surface area contributed by atoms with E-state index in [1.807, 2.05) is 31.2 Å². The minimum Gasteiger partial charge on any atom is -0.344 e. The van der Waals surface area contributed by atoms with E-state index in [-0.39, 0.29) is 11.9 Å². The third kappa shape index (κ3) is 3.78. The first-order chi connectivity index (χ1) is 9.06. The molecule has 3 nitrogen and oxygen atoms in total. The summed E-state index contributed by atoms with van der Waals surface area (Å²) in [6.45, 7) is 1.92. The quantitative estimate of drug-likeness (QED) is 0.918. The summed E-state index contributed by atoms with van der Waals surface area (Å²) in [5, 5.41) is 3.38. The number of rotatable bonds is 3. The van der Waals surface area contributed by atoms with Crippen molar-refractivity contribution in [3.05, 3.63) is 63.3 Å². The Balaban J connectivity index is 2.08. The minimum atomic E-state index is -0.238. The molecular weight excluding hydrogens is 328 g/mol. The fourth-order valence-electron chi connectivity index (χ4n) is 1.63. The number of carbonyl (C=O) groups excluding carboxylic acids is 1. The van der Waals surface area contributed by atoms with Crippen LogP contribution in [0.3, 0.4) is 0 Å². The van der Waals surface area contributed by atoms with Gasteiger partial charge in [-0.2, -0.15) is 0 Å². The Morgan fingerprint density at radius 3 is 2.63 bits per heavy atom. The van der Waals surface area contributed by atoms with Crippen molar-refractivity contribution in [3.8, 4) is 0 Å². The Morgan fingerprint density at radius 1 is 1.32 bits per heavy atom. The predicted octanol–water partition coefficient (Wildman–Crippen LogP) is 3.99. The first-order valence-electron chi connectivity index (χ1n) is 5.74. The van der Waals surface area contributed by atoms with E-state index in [1.54, 1.807) is 12.1 Å². The van der Waals surface area contributed by atoms with Crippen molar-refractivity contribution in [2.45, 2.75) is 13.0 Å². The maximum atomic E-state index is 12.0. The molecule has 5 heteroatoms. The van der Waals surface area contributed by atoms with E-state index >= 15 is 0 Å². The maximum Gasteiger partial charge on any atom is 0.270 e. The van der Waals surface area contributed by atoms with Crippen LogP contribution in [0.5, 0.6) is 0 Å². The number of hydrogen-bond donors (Lipinski definition) is 1. The van der Waals surface area contributed by atoms with E-state index in [9.17, 15) is 4.79 Å². The summed E-state index contributed by atoms with van der Waals surface area (Å²) >= 11 is 9.21. The van der Waals surface area contributed by atoms with Gasteiger partial charge in [0.25, 0.3) is 5.91 Å². The first kappa shape index (κ1) is 14.0. The van der Waals surface area contributed by atoms with Gasteiger partial charge in [0.15, 0.2) is 0 Å². The lowest BCUT2D eigenvalue weighted by Gasteiger charge is -2.14. The Kier molecular flexibility index (Phi) is 4.56. The first-order valence-corrected chi connectivity index (χ1v) is 6.91. The van der Waals surface area contributed by atoms with Crippen molar-refractivity contribution in [1.29, 1.82) is 0 Å². The molecule has 1 unspecified atom stereocenters. The molecule has 0 aliphatic carbocycles. The van der Waals surface area contributed by atoms with Crippen LogP contribution in [-0.2, 0) is 0 Å². The molecule has 0 radical (unpaired) electrons. The van der Waals surface area contributed by atoms with Gasteiger partial charge in [0.1, 0.15) is 5.69 Å². The van der Waals surface area contributed by atoms with Gasteiger partial charge in [-0.25, -0.2) is 0 Å². The highest BCUT2D eigenvalue weighted by molar-refractivity contribution is 9.10. The van der Waals surface area contributed by atoms with Gasteiger partial charge < -0.3 is 5.32 Å². The summed E-state index contributed by atoms with van der Waals surface area (Å²) in [5.41, 5.74) is 1.34. The molecular formula is C14H12BrClN2O. The Bertz CT molecular complexity index is 586. The van der Waals surface area contributed by atoms with Crippen molar-refractivity contribution >= 4 is 33.4 Å². The Labute approximate surface area is 125 Å². The van der Waals surface area contributed by atoms with Crippen LogP contribution in [0, 0.1) is 0 Å². The number of hydrogen-bond acceptors (Lipinski definition) is 2. The average molecular weight is 340 g/mol. The van der Waals surface area contributed by atoms with Crippen LogP contribution in [-0.4, -0.2) is 10.9 Å². The summed E-state index contributed by atoms with van der Waals surface area (Å²) in [7, 11) is 0. The van der Waals surface area contributed by atoms with Gasteiger partial charge in [-0.05, 0) is 36.8 Å². The number of amides is 1. The van der Waals surface area contributed by atoms with Gasteiger partial charge in [-0.15, -0.1) is 0 Å². The molecule has 1 amide bonds. The molecule has 0 saturated carbocycles. The molecule has 1 heterocycles. The normalized spacial score (nSPS) is 11.9. The second-order valence-corrected chi connectivity index (χ2v) is 5.46. The van der Waals surface area contributed by atoms with Gasteiger partial charge in [-0.1, -0.05) is 39.7 Å². The van der Waals surface area contributed by atoms with Crippen LogP contribution in [0.15, 0.2) is 47.1 Å². The van der Waals surface area contributed by atoms with Crippen LogP contribution >= 0.6 is 27.5 Å². The number of nitrogens with one attached hydrogen (secondary N) is 1. The van der Waals surface area contributed by atoms with Crippen LogP contribution in [0.2, 0.25) is 5.02 Å². The molecule has 0 spiro atoms. The van der Waals surface area contributed by atoms with Crippen LogP contribution in [0.4, 0.5) is 0 Å². The number of halogens is 2. The number of aromatic nitrogens is 1. The lowest BCUT2D eigenvalue weighted by Crippen LogP contribution is -2.27. The summed E-state index contributed by atoms with van der Waals surface area (Å²) < 4.78 is 1.01. The summed E-state index contributed by atoms with van der Waals surface area (Å²) in [5.74, 6) is -0.238. The number of carbonyl (C=O) groups is 1. The standard InChI is InChI=1S/C14H12BrClN2O/c1-9(10-2-4-11(15)5-3-10)18-14(19)13-8-12(16)6-7-17-13/h2-9H,1H3,(H,18,19). The maximum absolute atomic E-state index is 12.0. The summed E-state index contributed by atoms with van der Waals surface area (Å²) in [4.78, 5) is 16.0. The molecule has 0 fully saturated rings. The summed E-state index contributed by atoms with van der Waals surface area (Å²) in [6, 6.07) is 10.9. The van der Waals surface area contributed by atoms with Gasteiger partial charge in [0.2, 0.25) is 0 Å². The Hall–Kier alpha value is -1.39. The second kappa shape index (κ2) is 6.17. The molecule has 0 saturated heterocycles. The minimum absolute atomic E-state index is 0.0959. The molecule has 98 valence electrons. The fourth-order valence-corrected chi connectivity index (χ4v) is 2.06. The SMILES string of the molecule is CC(NC(=O)c1cc(Cl)ccn1)c1ccc(Br)cc1. The van der Waals surface area contributed by atoms with E-state index in [1.165, 1.54) is 6.20 Å². The van der Waals surface area contributed by atoms with E-state index in [0.29, 0.717) is 10.7 Å². The number of pyridine rings is 1. The number of nitrogens with zero attached hydrogens (tertiary/aromatic N) is 1. The van der Waals surface area contributed by atoms with Crippen molar-refractivity contribution in [1.82, 2.24) is 10.3 Å². The zero-order valence-corrected chi connectivity index (χ0v) is 12.6. The van der Waals surface area contributed by atoms with E-state index in [4.69, 9.17) is 11.6 Å². The molecule has 2 rings (SSSR count). The zero-order chi connectivity index (χ0) is 13.8. The van der Waals surface area contributed by atoms with Gasteiger partial charge in [-0.3, -0.25) is 9.78 Å². The topological polar surface area (TPSA) is 42.0 Å². The third-order valence-corrected chi connectivity index (χ3v) is 3.44.